The normalized spacial score (nSPS) is 34.7. The van der Waals surface area contributed by atoms with Crippen molar-refractivity contribution in [2.75, 3.05) is 19.0 Å². The highest BCUT2D eigenvalue weighted by Crippen LogP contribution is 2.38. The molecule has 0 amide bonds. The Morgan fingerprint density at radius 2 is 2.31 bits per heavy atom. The van der Waals surface area contributed by atoms with Gasteiger partial charge in [0.05, 0.1) is 24.4 Å². The van der Waals surface area contributed by atoms with Crippen molar-refractivity contribution in [3.8, 4) is 0 Å². The third kappa shape index (κ3) is 1.85. The topological polar surface area (TPSA) is 74.2 Å². The first-order chi connectivity index (χ1) is 7.84. The van der Waals surface area contributed by atoms with Crippen LogP contribution in [0.5, 0.6) is 0 Å². The van der Waals surface area contributed by atoms with E-state index in [4.69, 9.17) is 15.0 Å². The summed E-state index contributed by atoms with van der Waals surface area (Å²) in [6.07, 6.45) is 2.39. The van der Waals surface area contributed by atoms with E-state index in [2.05, 4.69) is 10.1 Å². The van der Waals surface area contributed by atoms with Crippen LogP contribution in [0.25, 0.3) is 0 Å². The smallest absolute Gasteiger partial charge is 0.233 e. The molecule has 3 heterocycles. The molecule has 3 rings (SSSR count). The second kappa shape index (κ2) is 4.35. The molecule has 3 atom stereocenters. The molecule has 2 fully saturated rings. The van der Waals surface area contributed by atoms with Crippen LogP contribution in [0.2, 0.25) is 0 Å². The maximum absolute atomic E-state index is 5.92. The summed E-state index contributed by atoms with van der Waals surface area (Å²) < 4.78 is 10.6. The molecule has 0 aliphatic carbocycles. The SMILES string of the molecule is NC1COCC1c1nc(C2CCCS2)no1. The molecule has 0 spiro atoms. The van der Waals surface area contributed by atoms with Gasteiger partial charge in [-0.2, -0.15) is 16.7 Å². The second-order valence-corrected chi connectivity index (χ2v) is 5.61. The molecule has 0 radical (unpaired) electrons. The first-order valence-corrected chi connectivity index (χ1v) is 6.68. The van der Waals surface area contributed by atoms with Crippen molar-refractivity contribution in [2.45, 2.75) is 30.1 Å². The Balaban J connectivity index is 1.76. The second-order valence-electron chi connectivity index (χ2n) is 4.30. The highest BCUT2D eigenvalue weighted by Gasteiger charge is 2.32. The zero-order valence-corrected chi connectivity index (χ0v) is 9.78. The number of nitrogens with two attached hydrogens (primary N) is 1. The Labute approximate surface area is 98.1 Å². The number of ether oxygens (including phenoxy) is 1. The van der Waals surface area contributed by atoms with Crippen LogP contribution in [0.4, 0.5) is 0 Å². The van der Waals surface area contributed by atoms with Gasteiger partial charge in [0.25, 0.3) is 0 Å². The van der Waals surface area contributed by atoms with E-state index in [-0.39, 0.29) is 12.0 Å². The summed E-state index contributed by atoms with van der Waals surface area (Å²) in [6.45, 7) is 1.18. The third-order valence-corrected chi connectivity index (χ3v) is 4.49. The Kier molecular flexibility index (Phi) is 2.87. The zero-order chi connectivity index (χ0) is 11.0. The van der Waals surface area contributed by atoms with E-state index in [1.807, 2.05) is 11.8 Å². The zero-order valence-electron chi connectivity index (χ0n) is 8.96. The molecule has 0 aromatic carbocycles. The molecular weight excluding hydrogens is 226 g/mol. The predicted molar refractivity (Wildman–Crippen MR) is 60.3 cm³/mol. The van der Waals surface area contributed by atoms with Crippen molar-refractivity contribution < 1.29 is 9.26 Å². The summed E-state index contributed by atoms with van der Waals surface area (Å²) in [5.74, 6) is 2.75. The Hall–Kier alpha value is -0.590. The monoisotopic (exact) mass is 241 g/mol. The van der Waals surface area contributed by atoms with Gasteiger partial charge in [0.15, 0.2) is 5.82 Å². The van der Waals surface area contributed by atoms with E-state index in [0.717, 1.165) is 12.2 Å². The molecule has 2 saturated heterocycles. The Morgan fingerprint density at radius 1 is 1.38 bits per heavy atom. The van der Waals surface area contributed by atoms with Gasteiger partial charge in [0.1, 0.15) is 0 Å². The molecule has 0 bridgehead atoms. The summed E-state index contributed by atoms with van der Waals surface area (Å²) in [5.41, 5.74) is 5.92. The molecule has 1 aromatic heterocycles. The van der Waals surface area contributed by atoms with Gasteiger partial charge in [-0.15, -0.1) is 0 Å². The minimum atomic E-state index is -0.00969. The van der Waals surface area contributed by atoms with E-state index in [0.29, 0.717) is 24.4 Å². The lowest BCUT2D eigenvalue weighted by Crippen LogP contribution is -2.27. The molecule has 3 unspecified atom stereocenters. The molecule has 1 aromatic rings. The quantitative estimate of drug-likeness (QED) is 0.835. The van der Waals surface area contributed by atoms with Gasteiger partial charge in [0.2, 0.25) is 5.89 Å². The predicted octanol–water partition coefficient (Wildman–Crippen LogP) is 1.08. The third-order valence-electron chi connectivity index (χ3n) is 3.12. The molecule has 16 heavy (non-hydrogen) atoms. The van der Waals surface area contributed by atoms with Gasteiger partial charge < -0.3 is 15.0 Å². The fourth-order valence-corrected chi connectivity index (χ4v) is 3.33. The fraction of sp³-hybridized carbons (Fsp3) is 0.800. The lowest BCUT2D eigenvalue weighted by molar-refractivity contribution is 0.187. The molecular formula is C10H15N3O2S. The Bertz CT molecular complexity index is 365. The molecule has 2 N–H and O–H groups in total. The van der Waals surface area contributed by atoms with Crippen LogP contribution in [0, 0.1) is 0 Å². The van der Waals surface area contributed by atoms with E-state index < -0.39 is 0 Å². The largest absolute Gasteiger partial charge is 0.379 e. The van der Waals surface area contributed by atoms with Gasteiger partial charge >= 0.3 is 0 Å². The highest BCUT2D eigenvalue weighted by atomic mass is 32.2. The molecule has 2 aliphatic rings. The number of aromatic nitrogens is 2. The molecule has 88 valence electrons. The molecule has 6 heteroatoms. The van der Waals surface area contributed by atoms with Crippen LogP contribution < -0.4 is 5.73 Å². The number of hydrogen-bond donors (Lipinski definition) is 1. The lowest BCUT2D eigenvalue weighted by Gasteiger charge is -2.06. The summed E-state index contributed by atoms with van der Waals surface area (Å²) >= 11 is 1.90. The van der Waals surface area contributed by atoms with Crippen LogP contribution in [0.3, 0.4) is 0 Å². The van der Waals surface area contributed by atoms with Crippen LogP contribution in [0.15, 0.2) is 4.52 Å². The minimum Gasteiger partial charge on any atom is -0.379 e. The standard InChI is InChI=1S/C10H15N3O2S/c11-7-5-14-4-6(7)10-12-9(13-15-10)8-2-1-3-16-8/h6-8H,1-5,11H2. The van der Waals surface area contributed by atoms with Crippen LogP contribution in [-0.2, 0) is 4.74 Å². The van der Waals surface area contributed by atoms with Crippen LogP contribution >= 0.6 is 11.8 Å². The fourth-order valence-electron chi connectivity index (χ4n) is 2.14. The summed E-state index contributed by atoms with van der Waals surface area (Å²) in [7, 11) is 0. The number of hydrogen-bond acceptors (Lipinski definition) is 6. The molecule has 0 saturated carbocycles. The van der Waals surface area contributed by atoms with E-state index in [9.17, 15) is 0 Å². The van der Waals surface area contributed by atoms with Gasteiger partial charge in [-0.25, -0.2) is 0 Å². The minimum absolute atomic E-state index is 0.00969. The average Bonchev–Trinajstić information content (AvgIpc) is 2.96. The van der Waals surface area contributed by atoms with Gasteiger partial charge in [-0.05, 0) is 18.6 Å². The number of nitrogens with zero attached hydrogens (tertiary/aromatic N) is 2. The van der Waals surface area contributed by atoms with E-state index in [1.165, 1.54) is 12.2 Å². The maximum atomic E-state index is 5.92. The van der Waals surface area contributed by atoms with Crippen molar-refractivity contribution in [2.24, 2.45) is 5.73 Å². The summed E-state index contributed by atoms with van der Waals surface area (Å²) in [6, 6.07) is -0.00969. The average molecular weight is 241 g/mol. The van der Waals surface area contributed by atoms with Crippen LogP contribution in [0.1, 0.15) is 35.7 Å². The van der Waals surface area contributed by atoms with Crippen molar-refractivity contribution in [1.82, 2.24) is 10.1 Å². The van der Waals surface area contributed by atoms with Crippen molar-refractivity contribution in [3.63, 3.8) is 0 Å². The number of rotatable bonds is 2. The van der Waals surface area contributed by atoms with Gasteiger partial charge in [-0.1, -0.05) is 5.16 Å². The van der Waals surface area contributed by atoms with Crippen molar-refractivity contribution in [3.05, 3.63) is 11.7 Å². The number of thioether (sulfide) groups is 1. The van der Waals surface area contributed by atoms with Crippen molar-refractivity contribution >= 4 is 11.8 Å². The van der Waals surface area contributed by atoms with E-state index >= 15 is 0 Å². The summed E-state index contributed by atoms with van der Waals surface area (Å²) in [5, 5.41) is 4.47. The maximum Gasteiger partial charge on any atom is 0.233 e. The first kappa shape index (κ1) is 10.6. The molecule has 5 nitrogen and oxygen atoms in total. The van der Waals surface area contributed by atoms with Gasteiger partial charge in [-0.3, -0.25) is 0 Å². The van der Waals surface area contributed by atoms with Crippen LogP contribution in [-0.4, -0.2) is 35.1 Å². The van der Waals surface area contributed by atoms with Gasteiger partial charge in [0, 0.05) is 6.04 Å². The highest BCUT2D eigenvalue weighted by molar-refractivity contribution is 7.99. The molecule has 2 aliphatic heterocycles. The summed E-state index contributed by atoms with van der Waals surface area (Å²) in [4.78, 5) is 4.47. The Morgan fingerprint density at radius 3 is 3.00 bits per heavy atom. The lowest BCUT2D eigenvalue weighted by atomic mass is 10.1. The van der Waals surface area contributed by atoms with Crippen molar-refractivity contribution in [1.29, 1.82) is 0 Å². The first-order valence-electron chi connectivity index (χ1n) is 5.63. The van der Waals surface area contributed by atoms with E-state index in [1.54, 1.807) is 0 Å².